The number of pyridine rings is 1. The molecule has 118 valence electrons. The maximum Gasteiger partial charge on any atom is 0.228 e. The van der Waals surface area contributed by atoms with Crippen LogP contribution in [-0.2, 0) is 16.0 Å². The molecule has 0 aliphatic carbocycles. The number of hydrogen-bond acceptors (Lipinski definition) is 3. The molecule has 5 heteroatoms. The predicted molar refractivity (Wildman–Crippen MR) is 89.3 cm³/mol. The number of nitrogens with zero attached hydrogens (tertiary/aromatic N) is 2. The van der Waals surface area contributed by atoms with E-state index in [1.165, 1.54) is 0 Å². The van der Waals surface area contributed by atoms with Crippen LogP contribution in [0.15, 0.2) is 42.7 Å². The number of nitrogens with one attached hydrogen (secondary N) is 1. The lowest BCUT2D eigenvalue weighted by atomic mass is 10.1. The number of amides is 2. The SMILES string of the molecule is Cc1cc(NC(=O)Cc2cccnc2)ccc1N1CCCC1=O. The van der Waals surface area contributed by atoms with E-state index in [9.17, 15) is 9.59 Å². The van der Waals surface area contributed by atoms with Gasteiger partial charge >= 0.3 is 0 Å². The van der Waals surface area contributed by atoms with Gasteiger partial charge in [0.15, 0.2) is 0 Å². The number of benzene rings is 1. The number of carbonyl (C=O) groups excluding carboxylic acids is 2. The highest BCUT2D eigenvalue weighted by molar-refractivity contribution is 5.97. The predicted octanol–water partition coefficient (Wildman–Crippen LogP) is 2.70. The van der Waals surface area contributed by atoms with Gasteiger partial charge in [-0.25, -0.2) is 0 Å². The molecule has 1 aromatic carbocycles. The van der Waals surface area contributed by atoms with Gasteiger partial charge in [-0.15, -0.1) is 0 Å². The topological polar surface area (TPSA) is 62.3 Å². The van der Waals surface area contributed by atoms with E-state index in [1.54, 1.807) is 12.4 Å². The Morgan fingerprint density at radius 2 is 2.22 bits per heavy atom. The summed E-state index contributed by atoms with van der Waals surface area (Å²) >= 11 is 0. The molecule has 1 fully saturated rings. The van der Waals surface area contributed by atoms with Crippen molar-refractivity contribution in [1.82, 2.24) is 4.98 Å². The first-order valence-electron chi connectivity index (χ1n) is 7.73. The fourth-order valence-corrected chi connectivity index (χ4v) is 2.83. The summed E-state index contributed by atoms with van der Waals surface area (Å²) in [7, 11) is 0. The van der Waals surface area contributed by atoms with E-state index in [4.69, 9.17) is 0 Å². The van der Waals surface area contributed by atoms with E-state index >= 15 is 0 Å². The molecule has 1 aliphatic heterocycles. The summed E-state index contributed by atoms with van der Waals surface area (Å²) in [5.74, 6) is 0.0869. The molecular weight excluding hydrogens is 290 g/mol. The van der Waals surface area contributed by atoms with E-state index in [1.807, 2.05) is 42.2 Å². The number of anilines is 2. The molecule has 0 bridgehead atoms. The highest BCUT2D eigenvalue weighted by Gasteiger charge is 2.22. The molecule has 3 rings (SSSR count). The third-order valence-electron chi connectivity index (χ3n) is 3.93. The van der Waals surface area contributed by atoms with Gasteiger partial charge in [-0.05, 0) is 48.7 Å². The van der Waals surface area contributed by atoms with Crippen LogP contribution in [0.2, 0.25) is 0 Å². The minimum atomic E-state index is -0.0811. The van der Waals surface area contributed by atoms with Crippen molar-refractivity contribution in [3.8, 4) is 0 Å². The maximum absolute atomic E-state index is 12.1. The number of carbonyl (C=O) groups is 2. The zero-order valence-corrected chi connectivity index (χ0v) is 13.1. The number of hydrogen-bond donors (Lipinski definition) is 1. The molecule has 2 aromatic rings. The number of aryl methyl sites for hydroxylation is 1. The zero-order chi connectivity index (χ0) is 16.2. The van der Waals surface area contributed by atoms with Crippen LogP contribution >= 0.6 is 0 Å². The molecule has 1 aliphatic rings. The monoisotopic (exact) mass is 309 g/mol. The highest BCUT2D eigenvalue weighted by Crippen LogP contribution is 2.27. The molecule has 2 amide bonds. The second kappa shape index (κ2) is 6.60. The lowest BCUT2D eigenvalue weighted by Gasteiger charge is -2.19. The molecule has 0 radical (unpaired) electrons. The Morgan fingerprint density at radius 3 is 2.87 bits per heavy atom. The molecule has 0 unspecified atom stereocenters. The van der Waals surface area contributed by atoms with Crippen molar-refractivity contribution in [1.29, 1.82) is 0 Å². The van der Waals surface area contributed by atoms with Crippen LogP contribution in [0.4, 0.5) is 11.4 Å². The van der Waals surface area contributed by atoms with Crippen molar-refractivity contribution < 1.29 is 9.59 Å². The van der Waals surface area contributed by atoms with Gasteiger partial charge in [0.25, 0.3) is 0 Å². The average Bonchev–Trinajstić information content (AvgIpc) is 2.94. The summed E-state index contributed by atoms with van der Waals surface area (Å²) in [4.78, 5) is 29.7. The Morgan fingerprint density at radius 1 is 1.35 bits per heavy atom. The summed E-state index contributed by atoms with van der Waals surface area (Å²) in [6.45, 7) is 2.73. The quantitative estimate of drug-likeness (QED) is 0.944. The van der Waals surface area contributed by atoms with Gasteiger partial charge in [-0.3, -0.25) is 14.6 Å². The lowest BCUT2D eigenvalue weighted by Crippen LogP contribution is -2.24. The molecule has 23 heavy (non-hydrogen) atoms. The van der Waals surface area contributed by atoms with Gasteiger partial charge in [0.2, 0.25) is 11.8 Å². The van der Waals surface area contributed by atoms with Crippen LogP contribution < -0.4 is 10.2 Å². The zero-order valence-electron chi connectivity index (χ0n) is 13.1. The fraction of sp³-hybridized carbons (Fsp3) is 0.278. The second-order valence-corrected chi connectivity index (χ2v) is 5.74. The molecule has 5 nitrogen and oxygen atoms in total. The molecule has 2 heterocycles. The van der Waals surface area contributed by atoms with Gasteiger partial charge in [0, 0.05) is 36.7 Å². The van der Waals surface area contributed by atoms with Crippen molar-refractivity contribution >= 4 is 23.2 Å². The standard InChI is InChI=1S/C18H19N3O2/c1-13-10-15(6-7-16(13)21-9-3-5-18(21)23)20-17(22)11-14-4-2-8-19-12-14/h2,4,6-8,10,12H,3,5,9,11H2,1H3,(H,20,22). The van der Waals surface area contributed by atoms with E-state index in [-0.39, 0.29) is 11.8 Å². The Kier molecular flexibility index (Phi) is 4.37. The van der Waals surface area contributed by atoms with Crippen molar-refractivity contribution in [2.45, 2.75) is 26.2 Å². The van der Waals surface area contributed by atoms with Crippen LogP contribution in [0.1, 0.15) is 24.0 Å². The third kappa shape index (κ3) is 3.56. The van der Waals surface area contributed by atoms with E-state index in [0.29, 0.717) is 12.8 Å². The van der Waals surface area contributed by atoms with E-state index in [2.05, 4.69) is 10.3 Å². The van der Waals surface area contributed by atoms with Crippen LogP contribution in [0.25, 0.3) is 0 Å². The first kappa shape index (κ1) is 15.2. The highest BCUT2D eigenvalue weighted by atomic mass is 16.2. The summed E-state index contributed by atoms with van der Waals surface area (Å²) in [6, 6.07) is 9.34. The summed E-state index contributed by atoms with van der Waals surface area (Å²) in [5, 5.41) is 2.89. The summed E-state index contributed by atoms with van der Waals surface area (Å²) in [5.41, 5.74) is 3.53. The molecule has 0 spiro atoms. The van der Waals surface area contributed by atoms with Crippen LogP contribution in [-0.4, -0.2) is 23.3 Å². The third-order valence-corrected chi connectivity index (χ3v) is 3.93. The number of aromatic nitrogens is 1. The summed E-state index contributed by atoms with van der Waals surface area (Å²) in [6.07, 6.45) is 5.18. The minimum absolute atomic E-state index is 0.0811. The Labute approximate surface area is 135 Å². The normalized spacial score (nSPS) is 14.1. The van der Waals surface area contributed by atoms with Gasteiger partial charge in [-0.2, -0.15) is 0 Å². The van der Waals surface area contributed by atoms with Crippen LogP contribution in [0.5, 0.6) is 0 Å². The Hall–Kier alpha value is -2.69. The first-order chi connectivity index (χ1) is 11.1. The van der Waals surface area contributed by atoms with Crippen molar-refractivity contribution in [2.75, 3.05) is 16.8 Å². The first-order valence-corrected chi connectivity index (χ1v) is 7.73. The van der Waals surface area contributed by atoms with E-state index < -0.39 is 0 Å². The molecular formula is C18H19N3O2. The van der Waals surface area contributed by atoms with Crippen LogP contribution in [0.3, 0.4) is 0 Å². The molecule has 0 atom stereocenters. The largest absolute Gasteiger partial charge is 0.326 e. The Balaban J connectivity index is 1.68. The molecule has 0 saturated carbocycles. The smallest absolute Gasteiger partial charge is 0.228 e. The van der Waals surface area contributed by atoms with Gasteiger partial charge in [0.1, 0.15) is 0 Å². The second-order valence-electron chi connectivity index (χ2n) is 5.74. The van der Waals surface area contributed by atoms with Crippen molar-refractivity contribution in [3.63, 3.8) is 0 Å². The number of rotatable bonds is 4. The molecule has 1 N–H and O–H groups in total. The maximum atomic E-state index is 12.1. The fourth-order valence-electron chi connectivity index (χ4n) is 2.83. The summed E-state index contributed by atoms with van der Waals surface area (Å²) < 4.78 is 0. The lowest BCUT2D eigenvalue weighted by molar-refractivity contribution is -0.117. The van der Waals surface area contributed by atoms with E-state index in [0.717, 1.165) is 35.5 Å². The van der Waals surface area contributed by atoms with Crippen molar-refractivity contribution in [3.05, 3.63) is 53.9 Å². The van der Waals surface area contributed by atoms with Crippen molar-refractivity contribution in [2.24, 2.45) is 0 Å². The average molecular weight is 309 g/mol. The van der Waals surface area contributed by atoms with Gasteiger partial charge in [0.05, 0.1) is 6.42 Å². The van der Waals surface area contributed by atoms with Crippen LogP contribution in [0, 0.1) is 6.92 Å². The minimum Gasteiger partial charge on any atom is -0.326 e. The molecule has 1 aromatic heterocycles. The molecule has 1 saturated heterocycles. The van der Waals surface area contributed by atoms with Gasteiger partial charge < -0.3 is 10.2 Å². The van der Waals surface area contributed by atoms with Gasteiger partial charge in [-0.1, -0.05) is 6.07 Å². The Bertz CT molecular complexity index is 728.